The van der Waals surface area contributed by atoms with Crippen molar-refractivity contribution in [2.24, 2.45) is 0 Å². The standard InChI is InChI=1S/C10H8F3N3O2/c11-10(12,13)4-5-15-8-2-1-3-9(16(17)18)7(8)6-14-15/h1-3,6H,4-5H2. The Morgan fingerprint density at radius 1 is 1.39 bits per heavy atom. The summed E-state index contributed by atoms with van der Waals surface area (Å²) in [4.78, 5) is 10.1. The Morgan fingerprint density at radius 2 is 2.11 bits per heavy atom. The van der Waals surface area contributed by atoms with Gasteiger partial charge >= 0.3 is 6.18 Å². The third kappa shape index (κ3) is 2.41. The first kappa shape index (κ1) is 12.3. The number of aromatic nitrogens is 2. The summed E-state index contributed by atoms with van der Waals surface area (Å²) < 4.78 is 37.4. The maximum absolute atomic E-state index is 12.1. The van der Waals surface area contributed by atoms with Crippen molar-refractivity contribution in [2.75, 3.05) is 0 Å². The number of hydrogen-bond donors (Lipinski definition) is 0. The summed E-state index contributed by atoms with van der Waals surface area (Å²) >= 11 is 0. The van der Waals surface area contributed by atoms with Crippen LogP contribution in [-0.2, 0) is 6.54 Å². The van der Waals surface area contributed by atoms with Crippen LogP contribution in [0.3, 0.4) is 0 Å². The van der Waals surface area contributed by atoms with Gasteiger partial charge in [0.15, 0.2) is 0 Å². The molecule has 0 unspecified atom stereocenters. The molecule has 1 heterocycles. The molecule has 0 bridgehead atoms. The minimum absolute atomic E-state index is 0.161. The highest BCUT2D eigenvalue weighted by Crippen LogP contribution is 2.26. The lowest BCUT2D eigenvalue weighted by Gasteiger charge is -2.06. The zero-order valence-electron chi connectivity index (χ0n) is 9.02. The monoisotopic (exact) mass is 259 g/mol. The summed E-state index contributed by atoms with van der Waals surface area (Å²) in [5.74, 6) is 0. The molecule has 0 aliphatic rings. The lowest BCUT2D eigenvalue weighted by atomic mass is 10.2. The van der Waals surface area contributed by atoms with Gasteiger partial charge < -0.3 is 0 Å². The molecule has 1 aromatic heterocycles. The average molecular weight is 259 g/mol. The van der Waals surface area contributed by atoms with Gasteiger partial charge in [-0.15, -0.1) is 0 Å². The first-order valence-corrected chi connectivity index (χ1v) is 5.04. The molecule has 0 aliphatic heterocycles. The normalized spacial score (nSPS) is 11.9. The van der Waals surface area contributed by atoms with E-state index in [1.807, 2.05) is 0 Å². The van der Waals surface area contributed by atoms with E-state index in [0.29, 0.717) is 5.52 Å². The Kier molecular flexibility index (Phi) is 2.93. The van der Waals surface area contributed by atoms with Crippen molar-refractivity contribution in [3.8, 4) is 0 Å². The molecular formula is C10H8F3N3O2. The molecule has 0 N–H and O–H groups in total. The molecule has 0 aliphatic carbocycles. The second kappa shape index (κ2) is 4.28. The number of nitro benzene ring substituents is 1. The summed E-state index contributed by atoms with van der Waals surface area (Å²) in [6, 6.07) is 4.22. The zero-order chi connectivity index (χ0) is 13.3. The van der Waals surface area contributed by atoms with Crippen LogP contribution in [0.15, 0.2) is 24.4 Å². The van der Waals surface area contributed by atoms with Crippen LogP contribution in [0.4, 0.5) is 18.9 Å². The highest BCUT2D eigenvalue weighted by Gasteiger charge is 2.27. The van der Waals surface area contributed by atoms with E-state index in [4.69, 9.17) is 0 Å². The summed E-state index contributed by atoms with van der Waals surface area (Å²) in [5, 5.41) is 14.7. The minimum atomic E-state index is -4.28. The Hall–Kier alpha value is -2.12. The number of nitrogens with zero attached hydrogens (tertiary/aromatic N) is 3. The van der Waals surface area contributed by atoms with Crippen molar-refractivity contribution in [3.05, 3.63) is 34.5 Å². The van der Waals surface area contributed by atoms with E-state index >= 15 is 0 Å². The predicted molar refractivity (Wildman–Crippen MR) is 57.1 cm³/mol. The first-order chi connectivity index (χ1) is 8.38. The highest BCUT2D eigenvalue weighted by atomic mass is 19.4. The van der Waals surface area contributed by atoms with E-state index in [2.05, 4.69) is 5.10 Å². The second-order valence-corrected chi connectivity index (χ2v) is 3.70. The molecule has 5 nitrogen and oxygen atoms in total. The summed E-state index contributed by atoms with van der Waals surface area (Å²) in [6.45, 7) is -0.353. The molecule has 0 amide bonds. The van der Waals surface area contributed by atoms with Crippen molar-refractivity contribution in [2.45, 2.75) is 19.1 Å². The van der Waals surface area contributed by atoms with Gasteiger partial charge in [-0.05, 0) is 6.07 Å². The third-order valence-corrected chi connectivity index (χ3v) is 2.47. The van der Waals surface area contributed by atoms with Crippen molar-refractivity contribution in [3.63, 3.8) is 0 Å². The van der Waals surface area contributed by atoms with E-state index in [1.54, 1.807) is 0 Å². The molecule has 2 aromatic rings. The van der Waals surface area contributed by atoms with Crippen molar-refractivity contribution in [1.82, 2.24) is 9.78 Å². The van der Waals surface area contributed by atoms with E-state index in [0.717, 1.165) is 4.68 Å². The predicted octanol–water partition coefficient (Wildman–Crippen LogP) is 2.90. The molecule has 2 rings (SSSR count). The number of fused-ring (bicyclic) bond motifs is 1. The van der Waals surface area contributed by atoms with E-state index in [1.165, 1.54) is 24.4 Å². The Bertz CT molecular complexity index is 592. The molecule has 0 saturated carbocycles. The van der Waals surface area contributed by atoms with Crippen LogP contribution in [0, 0.1) is 10.1 Å². The van der Waals surface area contributed by atoms with Crippen molar-refractivity contribution >= 4 is 16.6 Å². The summed E-state index contributed by atoms with van der Waals surface area (Å²) in [5.41, 5.74) is 0.166. The molecule has 0 fully saturated rings. The maximum Gasteiger partial charge on any atom is 0.390 e. The number of hydrogen-bond acceptors (Lipinski definition) is 3. The van der Waals surface area contributed by atoms with E-state index in [9.17, 15) is 23.3 Å². The number of alkyl halides is 3. The Labute approximate surface area is 99.0 Å². The van der Waals surface area contributed by atoms with Gasteiger partial charge in [-0.1, -0.05) is 6.07 Å². The number of benzene rings is 1. The fourth-order valence-corrected chi connectivity index (χ4v) is 1.66. The van der Waals surface area contributed by atoms with E-state index < -0.39 is 17.5 Å². The van der Waals surface area contributed by atoms with Crippen molar-refractivity contribution in [1.29, 1.82) is 0 Å². The van der Waals surface area contributed by atoms with Gasteiger partial charge in [0.25, 0.3) is 5.69 Å². The van der Waals surface area contributed by atoms with Gasteiger partial charge in [-0.2, -0.15) is 18.3 Å². The fourth-order valence-electron chi connectivity index (χ4n) is 1.66. The molecule has 0 spiro atoms. The molecular weight excluding hydrogens is 251 g/mol. The highest BCUT2D eigenvalue weighted by molar-refractivity contribution is 5.87. The van der Waals surface area contributed by atoms with Crippen molar-refractivity contribution < 1.29 is 18.1 Å². The number of aryl methyl sites for hydroxylation is 1. The van der Waals surface area contributed by atoms with Crippen LogP contribution in [0.2, 0.25) is 0 Å². The molecule has 0 radical (unpaired) electrons. The van der Waals surface area contributed by atoms with Crippen LogP contribution in [0.1, 0.15) is 6.42 Å². The number of nitro groups is 1. The minimum Gasteiger partial charge on any atom is -0.264 e. The van der Waals surface area contributed by atoms with Crippen LogP contribution >= 0.6 is 0 Å². The first-order valence-electron chi connectivity index (χ1n) is 5.04. The molecule has 0 atom stereocenters. The number of non-ortho nitro benzene ring substituents is 1. The van der Waals surface area contributed by atoms with Gasteiger partial charge in [0.2, 0.25) is 0 Å². The smallest absolute Gasteiger partial charge is 0.264 e. The Morgan fingerprint density at radius 3 is 2.72 bits per heavy atom. The van der Waals surface area contributed by atoms with Crippen LogP contribution in [0.25, 0.3) is 10.9 Å². The Balaban J connectivity index is 2.37. The topological polar surface area (TPSA) is 61.0 Å². The van der Waals surface area contributed by atoms with Gasteiger partial charge in [0, 0.05) is 6.07 Å². The SMILES string of the molecule is O=[N+]([O-])c1cccc2c1cnn2CCC(F)(F)F. The van der Waals surface area contributed by atoms with E-state index in [-0.39, 0.29) is 17.6 Å². The molecule has 96 valence electrons. The lowest BCUT2D eigenvalue weighted by Crippen LogP contribution is -2.12. The number of rotatable bonds is 3. The quantitative estimate of drug-likeness (QED) is 0.629. The van der Waals surface area contributed by atoms with Gasteiger partial charge in [0.05, 0.1) is 35.0 Å². The maximum atomic E-state index is 12.1. The van der Waals surface area contributed by atoms with Gasteiger partial charge in [-0.25, -0.2) is 0 Å². The zero-order valence-corrected chi connectivity index (χ0v) is 9.02. The van der Waals surface area contributed by atoms with Crippen LogP contribution < -0.4 is 0 Å². The average Bonchev–Trinajstić information content (AvgIpc) is 2.68. The van der Waals surface area contributed by atoms with Gasteiger partial charge in [-0.3, -0.25) is 14.8 Å². The molecule has 18 heavy (non-hydrogen) atoms. The lowest BCUT2D eigenvalue weighted by molar-refractivity contribution is -0.383. The number of halogens is 3. The van der Waals surface area contributed by atoms with Crippen LogP contribution in [-0.4, -0.2) is 20.9 Å². The van der Waals surface area contributed by atoms with Gasteiger partial charge in [0.1, 0.15) is 0 Å². The third-order valence-electron chi connectivity index (χ3n) is 2.47. The summed E-state index contributed by atoms with van der Waals surface area (Å²) in [7, 11) is 0. The fraction of sp³-hybridized carbons (Fsp3) is 0.300. The molecule has 8 heteroatoms. The summed E-state index contributed by atoms with van der Waals surface area (Å²) in [6.07, 6.45) is -4.09. The largest absolute Gasteiger partial charge is 0.390 e. The second-order valence-electron chi connectivity index (χ2n) is 3.70. The molecule has 0 saturated heterocycles. The van der Waals surface area contributed by atoms with Crippen LogP contribution in [0.5, 0.6) is 0 Å². The molecule has 1 aromatic carbocycles.